The molecule has 0 unspecified atom stereocenters. The van der Waals surface area contributed by atoms with Crippen molar-refractivity contribution in [3.8, 4) is 0 Å². The van der Waals surface area contributed by atoms with Gasteiger partial charge in [-0.2, -0.15) is 0 Å². The van der Waals surface area contributed by atoms with E-state index in [9.17, 15) is 15.0 Å². The highest BCUT2D eigenvalue weighted by molar-refractivity contribution is 6.09. The summed E-state index contributed by atoms with van der Waals surface area (Å²) in [4.78, 5) is 22.5. The van der Waals surface area contributed by atoms with Gasteiger partial charge in [0.05, 0.1) is 41.0 Å². The average molecular weight is 531 g/mol. The minimum absolute atomic E-state index is 0.176. The number of ether oxygens (including phenoxy) is 2. The molecule has 0 aliphatic heterocycles. The molecule has 0 aliphatic rings. The fourth-order valence-corrected chi connectivity index (χ4v) is 3.88. The van der Waals surface area contributed by atoms with Crippen LogP contribution in [0, 0.1) is 0 Å². The number of carbonyl (C=O) groups is 1. The Hall–Kier alpha value is -2.59. The first kappa shape index (κ1) is 31.6. The molecule has 2 aromatic heterocycles. The number of para-hydroxylation sites is 1. The molecule has 9 heteroatoms. The minimum Gasteiger partial charge on any atom is -0.389 e. The molecule has 0 atom stereocenters. The highest BCUT2D eigenvalue weighted by Gasteiger charge is 2.26. The third-order valence-electron chi connectivity index (χ3n) is 5.67. The van der Waals surface area contributed by atoms with Crippen molar-refractivity contribution in [1.29, 1.82) is 0 Å². The second kappa shape index (κ2) is 13.0. The van der Waals surface area contributed by atoms with E-state index in [-0.39, 0.29) is 25.5 Å². The molecule has 0 radical (unpaired) electrons. The zero-order valence-electron chi connectivity index (χ0n) is 24.5. The van der Waals surface area contributed by atoms with E-state index >= 15 is 0 Å². The maximum Gasteiger partial charge on any atom is 0.225 e. The van der Waals surface area contributed by atoms with E-state index in [1.54, 1.807) is 27.7 Å². The van der Waals surface area contributed by atoms with E-state index in [0.717, 1.165) is 10.9 Å². The number of aliphatic hydroxyl groups is 2. The molecule has 3 rings (SSSR count). The summed E-state index contributed by atoms with van der Waals surface area (Å²) in [6, 6.07) is 7.68. The lowest BCUT2D eigenvalue weighted by molar-refractivity contribution is -0.120. The van der Waals surface area contributed by atoms with Crippen molar-refractivity contribution in [2.75, 3.05) is 18.5 Å². The topological polar surface area (TPSA) is 119 Å². The molecule has 3 N–H and O–H groups in total. The number of amides is 1. The number of rotatable bonds is 12. The number of nitrogens with zero attached hydrogens (tertiary/aromatic N) is 3. The van der Waals surface area contributed by atoms with Crippen LogP contribution in [0.2, 0.25) is 0 Å². The SMILES string of the molecule is CC.CCOCc1nc2c(NC(=O)CCC(C)(C)OCC(C)(C)O)nc3ccccc3c2n1CC(C)(C)O. The van der Waals surface area contributed by atoms with Crippen LogP contribution in [0.1, 0.15) is 81.0 Å². The van der Waals surface area contributed by atoms with Crippen LogP contribution in [0.15, 0.2) is 24.3 Å². The molecule has 0 aliphatic carbocycles. The van der Waals surface area contributed by atoms with Crippen LogP contribution in [0.5, 0.6) is 0 Å². The van der Waals surface area contributed by atoms with Crippen molar-refractivity contribution in [2.45, 2.75) is 105 Å². The number of nitrogens with one attached hydrogen (secondary N) is 1. The molecule has 9 nitrogen and oxygen atoms in total. The summed E-state index contributed by atoms with van der Waals surface area (Å²) in [6.45, 7) is 17.9. The van der Waals surface area contributed by atoms with Crippen molar-refractivity contribution in [2.24, 2.45) is 0 Å². The number of aromatic nitrogens is 3. The maximum absolute atomic E-state index is 13.0. The second-order valence-corrected chi connectivity index (χ2v) is 11.1. The molecule has 0 fully saturated rings. The molecule has 0 bridgehead atoms. The van der Waals surface area contributed by atoms with Gasteiger partial charge in [-0.15, -0.1) is 0 Å². The van der Waals surface area contributed by atoms with Crippen molar-refractivity contribution < 1.29 is 24.5 Å². The highest BCUT2D eigenvalue weighted by atomic mass is 16.5. The normalized spacial score (nSPS) is 12.5. The van der Waals surface area contributed by atoms with Crippen LogP contribution in [0.4, 0.5) is 5.82 Å². The van der Waals surface area contributed by atoms with Gasteiger partial charge >= 0.3 is 0 Å². The molecule has 0 saturated heterocycles. The Kier molecular flexibility index (Phi) is 10.8. The van der Waals surface area contributed by atoms with E-state index in [1.165, 1.54) is 0 Å². The number of hydrogen-bond donors (Lipinski definition) is 3. The molecule has 2 heterocycles. The molecular formula is C29H46N4O5. The number of fused-ring (bicyclic) bond motifs is 3. The van der Waals surface area contributed by atoms with E-state index < -0.39 is 16.8 Å². The number of imidazole rings is 1. The molecule has 212 valence electrons. The van der Waals surface area contributed by atoms with Crippen LogP contribution in [0.3, 0.4) is 0 Å². The van der Waals surface area contributed by atoms with Gasteiger partial charge in [-0.25, -0.2) is 9.97 Å². The Balaban J connectivity index is 0.00000247. The van der Waals surface area contributed by atoms with Crippen molar-refractivity contribution in [1.82, 2.24) is 14.5 Å². The van der Waals surface area contributed by atoms with Crippen LogP contribution in [-0.4, -0.2) is 60.7 Å². The molecule has 3 aromatic rings. The van der Waals surface area contributed by atoms with Crippen molar-refractivity contribution in [3.05, 3.63) is 30.1 Å². The lowest BCUT2D eigenvalue weighted by atomic mass is 10.0. The van der Waals surface area contributed by atoms with Crippen molar-refractivity contribution >= 4 is 33.7 Å². The monoisotopic (exact) mass is 530 g/mol. The number of hydrogen-bond acceptors (Lipinski definition) is 7. The Labute approximate surface area is 226 Å². The Morgan fingerprint density at radius 3 is 2.29 bits per heavy atom. The summed E-state index contributed by atoms with van der Waals surface area (Å²) >= 11 is 0. The van der Waals surface area contributed by atoms with Crippen LogP contribution < -0.4 is 5.32 Å². The number of benzene rings is 1. The van der Waals surface area contributed by atoms with Gasteiger partial charge in [-0.1, -0.05) is 32.0 Å². The highest BCUT2D eigenvalue weighted by Crippen LogP contribution is 2.32. The quantitative estimate of drug-likeness (QED) is 0.294. The summed E-state index contributed by atoms with van der Waals surface area (Å²) in [6.07, 6.45) is 0.680. The van der Waals surface area contributed by atoms with Gasteiger partial charge in [0.2, 0.25) is 5.91 Å². The van der Waals surface area contributed by atoms with Gasteiger partial charge in [0.15, 0.2) is 5.82 Å². The van der Waals surface area contributed by atoms with Crippen LogP contribution >= 0.6 is 0 Å². The first-order valence-electron chi connectivity index (χ1n) is 13.4. The predicted octanol–water partition coefficient (Wildman–Crippen LogP) is 5.20. The summed E-state index contributed by atoms with van der Waals surface area (Å²) in [5.74, 6) is 0.822. The standard InChI is InChI=1S/C27H40N4O5.C2H6/c1-8-35-15-20-29-22-23(31(20)16-25(2,3)33)18-11-9-10-12-19(18)28-24(22)30-21(32)13-14-27(6,7)36-17-26(4,5)34;1-2/h9-12,33-34H,8,13-17H2,1-7H3,(H,28,30,32);1-2H3. The lowest BCUT2D eigenvalue weighted by Gasteiger charge is -2.29. The van der Waals surface area contributed by atoms with Gasteiger partial charge < -0.3 is 29.6 Å². The summed E-state index contributed by atoms with van der Waals surface area (Å²) in [5, 5.41) is 24.4. The third kappa shape index (κ3) is 9.01. The first-order valence-corrected chi connectivity index (χ1v) is 13.4. The Morgan fingerprint density at radius 1 is 1.03 bits per heavy atom. The number of carbonyl (C=O) groups excluding carboxylic acids is 1. The maximum atomic E-state index is 13.0. The van der Waals surface area contributed by atoms with Gasteiger partial charge in [0, 0.05) is 18.4 Å². The van der Waals surface area contributed by atoms with E-state index in [1.807, 2.05) is 63.5 Å². The van der Waals surface area contributed by atoms with Crippen LogP contribution in [-0.2, 0) is 27.4 Å². The molecule has 1 amide bonds. The smallest absolute Gasteiger partial charge is 0.225 e. The molecular weight excluding hydrogens is 484 g/mol. The summed E-state index contributed by atoms with van der Waals surface area (Å²) in [7, 11) is 0. The number of pyridine rings is 1. The molecule has 1 aromatic carbocycles. The fourth-order valence-electron chi connectivity index (χ4n) is 3.88. The van der Waals surface area contributed by atoms with Gasteiger partial charge in [-0.05, 0) is 61.0 Å². The fraction of sp³-hybridized carbons (Fsp3) is 0.621. The van der Waals surface area contributed by atoms with Gasteiger partial charge in [0.1, 0.15) is 17.9 Å². The Bertz CT molecular complexity index is 1210. The van der Waals surface area contributed by atoms with Gasteiger partial charge in [0.25, 0.3) is 0 Å². The average Bonchev–Trinajstić information content (AvgIpc) is 3.18. The van der Waals surface area contributed by atoms with Crippen molar-refractivity contribution in [3.63, 3.8) is 0 Å². The van der Waals surface area contributed by atoms with E-state index in [2.05, 4.69) is 5.32 Å². The van der Waals surface area contributed by atoms with E-state index in [4.69, 9.17) is 19.4 Å². The summed E-state index contributed by atoms with van der Waals surface area (Å²) < 4.78 is 13.4. The van der Waals surface area contributed by atoms with E-state index in [0.29, 0.717) is 42.2 Å². The predicted molar refractivity (Wildman–Crippen MR) is 152 cm³/mol. The summed E-state index contributed by atoms with van der Waals surface area (Å²) in [5.41, 5.74) is -0.449. The first-order chi connectivity index (χ1) is 17.7. The molecule has 0 saturated carbocycles. The zero-order chi connectivity index (χ0) is 28.7. The third-order valence-corrected chi connectivity index (χ3v) is 5.67. The number of anilines is 1. The molecule has 0 spiro atoms. The lowest BCUT2D eigenvalue weighted by Crippen LogP contribution is -2.35. The Morgan fingerprint density at radius 2 is 1.68 bits per heavy atom. The minimum atomic E-state index is -0.989. The van der Waals surface area contributed by atoms with Gasteiger partial charge in [-0.3, -0.25) is 4.79 Å². The second-order valence-electron chi connectivity index (χ2n) is 11.1. The zero-order valence-corrected chi connectivity index (χ0v) is 24.5. The largest absolute Gasteiger partial charge is 0.389 e. The molecule has 38 heavy (non-hydrogen) atoms. The van der Waals surface area contributed by atoms with Crippen LogP contribution in [0.25, 0.3) is 21.9 Å².